The lowest BCUT2D eigenvalue weighted by Gasteiger charge is -2.67. The fourth-order valence-corrected chi connectivity index (χ4v) is 8.38. The van der Waals surface area contributed by atoms with Gasteiger partial charge in [-0.3, -0.25) is 0 Å². The minimum absolute atomic E-state index is 0.0651. The fraction of sp³-hybridized carbons (Fsp3) is 0.786. The van der Waals surface area contributed by atoms with E-state index in [0.717, 1.165) is 37.2 Å². The number of hydrogen-bond donors (Lipinski definition) is 1. The number of aliphatic hydroxyl groups is 1. The highest BCUT2D eigenvalue weighted by Gasteiger charge is 2.74. The van der Waals surface area contributed by atoms with Gasteiger partial charge in [-0.1, -0.05) is 40.2 Å². The molecule has 178 valence electrons. The first-order valence-corrected chi connectivity index (χ1v) is 12.7. The lowest BCUT2D eigenvalue weighted by Crippen LogP contribution is -2.71. The number of methoxy groups -OCH3 is 2. The zero-order valence-corrected chi connectivity index (χ0v) is 21.1. The molecular weight excluding hydrogens is 400 g/mol. The molecule has 1 N–H and O–H groups in total. The van der Waals surface area contributed by atoms with Crippen molar-refractivity contribution in [2.45, 2.75) is 109 Å². The number of ether oxygens (including phenoxy) is 3. The molecule has 1 spiro atoms. The van der Waals surface area contributed by atoms with Crippen molar-refractivity contribution in [2.24, 2.45) is 16.7 Å². The van der Waals surface area contributed by atoms with Crippen LogP contribution in [0.1, 0.15) is 90.7 Å². The molecule has 1 aromatic carbocycles. The monoisotopic (exact) mass is 442 g/mol. The van der Waals surface area contributed by atoms with Gasteiger partial charge in [0.2, 0.25) is 0 Å². The highest BCUT2D eigenvalue weighted by atomic mass is 16.6. The third-order valence-electron chi connectivity index (χ3n) is 10.6. The van der Waals surface area contributed by atoms with Crippen molar-refractivity contribution < 1.29 is 19.3 Å². The van der Waals surface area contributed by atoms with Gasteiger partial charge in [0, 0.05) is 24.5 Å². The van der Waals surface area contributed by atoms with Crippen LogP contribution in [0.4, 0.5) is 0 Å². The van der Waals surface area contributed by atoms with Crippen molar-refractivity contribution >= 4 is 0 Å². The van der Waals surface area contributed by atoms with Crippen LogP contribution in [-0.4, -0.2) is 36.6 Å². The number of benzene rings is 1. The SMILES string of the molecule is CC[C@]12CC[C@@](CC(C)(O)C(C)(C)C)(OC)[C@@H]3Oc4c(OC)ccc5c4[C@@]31CCC[C@@H]2C5. The molecule has 6 atom stereocenters. The maximum absolute atomic E-state index is 11.7. The summed E-state index contributed by atoms with van der Waals surface area (Å²) in [5.41, 5.74) is 1.37. The number of hydrogen-bond acceptors (Lipinski definition) is 4. The van der Waals surface area contributed by atoms with Crippen LogP contribution >= 0.6 is 0 Å². The van der Waals surface area contributed by atoms with Crippen molar-refractivity contribution in [3.63, 3.8) is 0 Å². The smallest absolute Gasteiger partial charge is 0.165 e. The molecule has 32 heavy (non-hydrogen) atoms. The Morgan fingerprint density at radius 2 is 1.88 bits per heavy atom. The molecule has 0 amide bonds. The standard InChI is InChI=1S/C28H42O4/c1-8-26-14-15-27(31-7,17-25(5,29)24(2,3)4)23-28(26)13-9-10-19(26)16-18-11-12-20(30-6)22(32-23)21(18)28/h11-12,19,23,29H,8-10,13-17H2,1-7H3/t19-,23+,25?,26-,27+,28+/m1/s1. The van der Waals surface area contributed by atoms with Crippen LogP contribution in [0.15, 0.2) is 12.1 Å². The lowest BCUT2D eigenvalue weighted by atomic mass is 9.37. The molecule has 4 aliphatic rings. The Hall–Kier alpha value is -1.26. The summed E-state index contributed by atoms with van der Waals surface area (Å²) < 4.78 is 19.3. The maximum Gasteiger partial charge on any atom is 0.165 e. The van der Waals surface area contributed by atoms with Gasteiger partial charge in [-0.05, 0) is 73.8 Å². The van der Waals surface area contributed by atoms with E-state index in [4.69, 9.17) is 14.2 Å². The summed E-state index contributed by atoms with van der Waals surface area (Å²) in [5.74, 6) is 2.48. The first kappa shape index (κ1) is 22.5. The van der Waals surface area contributed by atoms with Crippen LogP contribution in [-0.2, 0) is 16.6 Å². The van der Waals surface area contributed by atoms with Crippen LogP contribution in [0.5, 0.6) is 11.5 Å². The van der Waals surface area contributed by atoms with Crippen LogP contribution in [0.3, 0.4) is 0 Å². The summed E-state index contributed by atoms with van der Waals surface area (Å²) >= 11 is 0. The first-order chi connectivity index (χ1) is 15.0. The third-order valence-corrected chi connectivity index (χ3v) is 10.6. The predicted molar refractivity (Wildman–Crippen MR) is 127 cm³/mol. The van der Waals surface area contributed by atoms with Gasteiger partial charge in [-0.25, -0.2) is 0 Å². The van der Waals surface area contributed by atoms with Gasteiger partial charge in [0.1, 0.15) is 11.7 Å². The van der Waals surface area contributed by atoms with Gasteiger partial charge >= 0.3 is 0 Å². The van der Waals surface area contributed by atoms with E-state index in [1.807, 2.05) is 14.0 Å². The van der Waals surface area contributed by atoms with Gasteiger partial charge in [0.05, 0.1) is 12.7 Å². The lowest BCUT2D eigenvalue weighted by molar-refractivity contribution is -0.228. The topological polar surface area (TPSA) is 47.9 Å². The average Bonchev–Trinajstić information content (AvgIpc) is 3.09. The van der Waals surface area contributed by atoms with Crippen molar-refractivity contribution in [1.82, 2.24) is 0 Å². The molecular formula is C28H42O4. The molecule has 2 fully saturated rings. The van der Waals surface area contributed by atoms with E-state index in [2.05, 4.69) is 39.8 Å². The summed E-state index contributed by atoms with van der Waals surface area (Å²) in [6.07, 6.45) is 8.54. The Kier molecular flexibility index (Phi) is 4.85. The normalized spacial score (nSPS) is 39.1. The largest absolute Gasteiger partial charge is 0.493 e. The van der Waals surface area contributed by atoms with Crippen molar-refractivity contribution in [2.75, 3.05) is 14.2 Å². The molecule has 5 rings (SSSR count). The van der Waals surface area contributed by atoms with Crippen molar-refractivity contribution in [1.29, 1.82) is 0 Å². The van der Waals surface area contributed by atoms with E-state index < -0.39 is 11.2 Å². The molecule has 3 aliphatic carbocycles. The van der Waals surface area contributed by atoms with Gasteiger partial charge < -0.3 is 19.3 Å². The highest BCUT2D eigenvalue weighted by Crippen LogP contribution is 2.74. The van der Waals surface area contributed by atoms with E-state index in [1.165, 1.54) is 30.4 Å². The zero-order chi connectivity index (χ0) is 23.2. The summed E-state index contributed by atoms with van der Waals surface area (Å²) in [7, 11) is 3.58. The van der Waals surface area contributed by atoms with E-state index in [0.29, 0.717) is 12.3 Å². The summed E-state index contributed by atoms with van der Waals surface area (Å²) in [6.45, 7) is 10.7. The van der Waals surface area contributed by atoms with Crippen LogP contribution in [0, 0.1) is 16.7 Å². The predicted octanol–water partition coefficient (Wildman–Crippen LogP) is 5.81. The van der Waals surface area contributed by atoms with Crippen LogP contribution in [0.2, 0.25) is 0 Å². The summed E-state index contributed by atoms with van der Waals surface area (Å²) in [5, 5.41) is 11.7. The molecule has 1 aliphatic heterocycles. The maximum atomic E-state index is 11.7. The zero-order valence-electron chi connectivity index (χ0n) is 21.1. The molecule has 1 aromatic rings. The first-order valence-electron chi connectivity index (χ1n) is 12.7. The molecule has 1 heterocycles. The second-order valence-corrected chi connectivity index (χ2v) is 12.4. The average molecular weight is 443 g/mol. The highest BCUT2D eigenvalue weighted by molar-refractivity contribution is 5.62. The Morgan fingerprint density at radius 1 is 1.12 bits per heavy atom. The van der Waals surface area contributed by atoms with Crippen LogP contribution in [0.25, 0.3) is 0 Å². The molecule has 4 nitrogen and oxygen atoms in total. The third kappa shape index (κ3) is 2.52. The molecule has 2 saturated carbocycles. The second kappa shape index (κ2) is 6.88. The van der Waals surface area contributed by atoms with E-state index >= 15 is 0 Å². The molecule has 1 unspecified atom stereocenters. The van der Waals surface area contributed by atoms with Gasteiger partial charge in [0.15, 0.2) is 11.5 Å². The van der Waals surface area contributed by atoms with Gasteiger partial charge in [-0.2, -0.15) is 0 Å². The Balaban J connectivity index is 1.74. The molecule has 0 saturated heterocycles. The Bertz CT molecular complexity index is 915. The van der Waals surface area contributed by atoms with Crippen LogP contribution < -0.4 is 9.47 Å². The molecule has 2 bridgehead atoms. The van der Waals surface area contributed by atoms with Crippen molar-refractivity contribution in [3.8, 4) is 11.5 Å². The van der Waals surface area contributed by atoms with E-state index in [-0.39, 0.29) is 22.3 Å². The Labute approximate surface area is 194 Å². The minimum Gasteiger partial charge on any atom is -0.493 e. The Morgan fingerprint density at radius 3 is 2.50 bits per heavy atom. The second-order valence-electron chi connectivity index (χ2n) is 12.4. The quantitative estimate of drug-likeness (QED) is 0.625. The molecule has 0 radical (unpaired) electrons. The minimum atomic E-state index is -0.875. The molecule has 0 aromatic heterocycles. The van der Waals surface area contributed by atoms with Gasteiger partial charge in [0.25, 0.3) is 0 Å². The van der Waals surface area contributed by atoms with Crippen molar-refractivity contribution in [3.05, 3.63) is 23.3 Å². The van der Waals surface area contributed by atoms with E-state index in [9.17, 15) is 5.11 Å². The fourth-order valence-electron chi connectivity index (χ4n) is 8.38. The van der Waals surface area contributed by atoms with E-state index in [1.54, 1.807) is 7.11 Å². The number of rotatable bonds is 5. The van der Waals surface area contributed by atoms with Gasteiger partial charge in [-0.15, -0.1) is 0 Å². The molecule has 4 heteroatoms. The summed E-state index contributed by atoms with van der Waals surface area (Å²) in [6, 6.07) is 4.38. The summed E-state index contributed by atoms with van der Waals surface area (Å²) in [4.78, 5) is 0.